The molecule has 9 heteroatoms. The van der Waals surface area contributed by atoms with Crippen LogP contribution in [-0.2, 0) is 19.1 Å². The molecule has 162 valence electrons. The van der Waals surface area contributed by atoms with Crippen molar-refractivity contribution in [3.63, 3.8) is 0 Å². The van der Waals surface area contributed by atoms with E-state index in [2.05, 4.69) is 0 Å². The average molecular weight is 457 g/mol. The first-order valence-corrected chi connectivity index (χ1v) is 10.3. The van der Waals surface area contributed by atoms with Gasteiger partial charge in [0.1, 0.15) is 22.1 Å². The van der Waals surface area contributed by atoms with Crippen LogP contribution >= 0.6 is 23.2 Å². The Balaban J connectivity index is 1.87. The predicted octanol–water partition coefficient (Wildman–Crippen LogP) is 4.46. The molecule has 1 atom stereocenters. The van der Waals surface area contributed by atoms with Gasteiger partial charge in [0.15, 0.2) is 12.4 Å². The number of ketones is 1. The van der Waals surface area contributed by atoms with Crippen molar-refractivity contribution in [2.45, 2.75) is 57.7 Å². The van der Waals surface area contributed by atoms with Gasteiger partial charge in [-0.15, -0.1) is 0 Å². The van der Waals surface area contributed by atoms with Gasteiger partial charge in [0.05, 0.1) is 5.02 Å². The number of esters is 1. The van der Waals surface area contributed by atoms with Crippen LogP contribution in [0.1, 0.15) is 52.0 Å². The number of carboxylic acid groups (broad SMARTS) is 1. The molecule has 2 aliphatic rings. The van der Waals surface area contributed by atoms with Gasteiger partial charge in [-0.3, -0.25) is 4.79 Å². The Labute approximate surface area is 183 Å². The number of carbonyl (C=O) groups is 3. The number of carboxylic acids is 1. The zero-order chi connectivity index (χ0) is 22.3. The van der Waals surface area contributed by atoms with Crippen LogP contribution in [0.2, 0.25) is 10.0 Å². The molecule has 1 aliphatic heterocycles. The van der Waals surface area contributed by atoms with Gasteiger partial charge < -0.3 is 19.3 Å². The summed E-state index contributed by atoms with van der Waals surface area (Å²) in [4.78, 5) is 35.1. The van der Waals surface area contributed by atoms with E-state index in [1.165, 1.54) is 19.9 Å². The van der Waals surface area contributed by atoms with Gasteiger partial charge in [0.25, 0.3) is 0 Å². The van der Waals surface area contributed by atoms with Crippen LogP contribution in [0.5, 0.6) is 11.5 Å². The maximum absolute atomic E-state index is 12.0. The molecule has 1 aliphatic carbocycles. The molecule has 0 unspecified atom stereocenters. The quantitative estimate of drug-likeness (QED) is 0.604. The molecule has 0 amide bonds. The van der Waals surface area contributed by atoms with E-state index < -0.39 is 29.7 Å². The molecule has 30 heavy (non-hydrogen) atoms. The first-order valence-electron chi connectivity index (χ1n) is 9.55. The fourth-order valence-electron chi connectivity index (χ4n) is 3.67. The predicted molar refractivity (Wildman–Crippen MR) is 110 cm³/mol. The number of rotatable bonds is 7. The van der Waals surface area contributed by atoms with Crippen LogP contribution in [0.15, 0.2) is 12.1 Å². The van der Waals surface area contributed by atoms with Gasteiger partial charge in [-0.1, -0.05) is 36.5 Å². The molecule has 1 aromatic carbocycles. The molecule has 1 N–H and O–H groups in total. The molecule has 3 rings (SSSR count). The highest BCUT2D eigenvalue weighted by atomic mass is 35.5. The Bertz CT molecular complexity index is 951. The van der Waals surface area contributed by atoms with Crippen molar-refractivity contribution in [3.8, 4) is 11.5 Å². The zero-order valence-corrected chi connectivity index (χ0v) is 18.4. The van der Waals surface area contributed by atoms with Crippen LogP contribution in [-0.4, -0.2) is 40.6 Å². The van der Waals surface area contributed by atoms with Crippen molar-refractivity contribution in [1.82, 2.24) is 0 Å². The van der Waals surface area contributed by atoms with Gasteiger partial charge >= 0.3 is 11.9 Å². The smallest absolute Gasteiger partial charge is 0.347 e. The number of carbonyl (C=O) groups excluding carboxylic acids is 2. The summed E-state index contributed by atoms with van der Waals surface area (Å²) in [6, 6.07) is 1.53. The summed E-state index contributed by atoms with van der Waals surface area (Å²) in [7, 11) is 0. The van der Waals surface area contributed by atoms with Crippen LogP contribution < -0.4 is 9.47 Å². The number of hydrogen-bond donors (Lipinski definition) is 1. The number of hydrogen-bond acceptors (Lipinski definition) is 6. The number of fused-ring (bicyclic) bond motifs is 3. The first kappa shape index (κ1) is 22.4. The molecule has 1 heterocycles. The monoisotopic (exact) mass is 456 g/mol. The first-order chi connectivity index (χ1) is 14.0. The maximum Gasteiger partial charge on any atom is 0.347 e. The number of halogens is 2. The lowest BCUT2D eigenvalue weighted by molar-refractivity contribution is -0.175. The van der Waals surface area contributed by atoms with E-state index in [0.717, 1.165) is 12.0 Å². The fourth-order valence-corrected chi connectivity index (χ4v) is 4.16. The number of aliphatic carboxylic acids is 1. The van der Waals surface area contributed by atoms with E-state index in [-0.39, 0.29) is 21.6 Å². The molecule has 1 aromatic rings. The second-order valence-corrected chi connectivity index (χ2v) is 8.58. The minimum Gasteiger partial charge on any atom is -0.482 e. The van der Waals surface area contributed by atoms with Crippen molar-refractivity contribution in [1.29, 1.82) is 0 Å². The Morgan fingerprint density at radius 1 is 1.30 bits per heavy atom. The Morgan fingerprint density at radius 2 is 2.00 bits per heavy atom. The van der Waals surface area contributed by atoms with Crippen LogP contribution in [0, 0.1) is 0 Å². The lowest BCUT2D eigenvalue weighted by Gasteiger charge is -2.32. The summed E-state index contributed by atoms with van der Waals surface area (Å²) in [5.74, 6) is -1.63. The minimum absolute atomic E-state index is 0.00415. The molecule has 0 aromatic heterocycles. The lowest BCUT2D eigenvalue weighted by atomic mass is 9.78. The number of allylic oxidation sites excluding steroid dienone is 1. The number of ether oxygens (including phenoxy) is 3. The second kappa shape index (κ2) is 8.12. The van der Waals surface area contributed by atoms with Crippen LogP contribution in [0.3, 0.4) is 0 Å². The second-order valence-electron chi connectivity index (χ2n) is 7.82. The average Bonchev–Trinajstić information content (AvgIpc) is 2.97. The van der Waals surface area contributed by atoms with E-state index in [1.807, 2.05) is 6.92 Å². The van der Waals surface area contributed by atoms with Gasteiger partial charge in [-0.05, 0) is 32.8 Å². The van der Waals surface area contributed by atoms with E-state index in [0.29, 0.717) is 30.6 Å². The van der Waals surface area contributed by atoms with Gasteiger partial charge in [0, 0.05) is 23.6 Å². The third-order valence-electron chi connectivity index (χ3n) is 5.17. The van der Waals surface area contributed by atoms with Gasteiger partial charge in [0.2, 0.25) is 5.60 Å². The van der Waals surface area contributed by atoms with Crippen molar-refractivity contribution < 1.29 is 33.7 Å². The van der Waals surface area contributed by atoms with Gasteiger partial charge in [-0.2, -0.15) is 0 Å². The molecule has 0 radical (unpaired) electrons. The highest BCUT2D eigenvalue weighted by Gasteiger charge is 2.47. The van der Waals surface area contributed by atoms with E-state index in [9.17, 15) is 14.4 Å². The van der Waals surface area contributed by atoms with Crippen molar-refractivity contribution >= 4 is 46.5 Å². The zero-order valence-electron chi connectivity index (χ0n) is 16.8. The number of benzene rings is 1. The molecule has 0 fully saturated rings. The van der Waals surface area contributed by atoms with Crippen LogP contribution in [0.4, 0.5) is 0 Å². The largest absolute Gasteiger partial charge is 0.482 e. The van der Waals surface area contributed by atoms with Crippen LogP contribution in [0.25, 0.3) is 5.57 Å². The van der Waals surface area contributed by atoms with E-state index >= 15 is 0 Å². The minimum atomic E-state index is -1.69. The molecule has 0 saturated heterocycles. The normalized spacial score (nSPS) is 20.0. The standard InChI is InChI=1S/C21H22Cl2O7/c1-4-6-21-7-5-11(24)8-12(21)16-13(29-21)9-14(17(22)18(16)23)28-10-15(25)30-20(2,3)19(26)27/h8-9H,4-7,10H2,1-3H3,(H,26,27)/t21-/m0/s1. The third kappa shape index (κ3) is 4.01. The van der Waals surface area contributed by atoms with E-state index in [4.69, 9.17) is 42.5 Å². The highest BCUT2D eigenvalue weighted by Crippen LogP contribution is 2.56. The lowest BCUT2D eigenvalue weighted by Crippen LogP contribution is -2.38. The SMILES string of the molecule is CCC[C@]12CCC(=O)C=C1c1c(cc(OCC(=O)OC(C)(C)C(=O)O)c(Cl)c1Cl)O2. The maximum atomic E-state index is 12.0. The molecule has 0 bridgehead atoms. The Kier molecular flexibility index (Phi) is 6.07. The van der Waals surface area contributed by atoms with Crippen molar-refractivity contribution in [2.24, 2.45) is 0 Å². The summed E-state index contributed by atoms with van der Waals surface area (Å²) in [6.45, 7) is 3.98. The summed E-state index contributed by atoms with van der Waals surface area (Å²) in [6.07, 6.45) is 4.05. The summed E-state index contributed by atoms with van der Waals surface area (Å²) < 4.78 is 16.6. The summed E-state index contributed by atoms with van der Waals surface area (Å²) in [5.41, 5.74) is -1.05. The fraction of sp³-hybridized carbons (Fsp3) is 0.476. The van der Waals surface area contributed by atoms with Gasteiger partial charge in [-0.25, -0.2) is 9.59 Å². The Hall–Kier alpha value is -2.25. The Morgan fingerprint density at radius 3 is 2.63 bits per heavy atom. The topological polar surface area (TPSA) is 99.1 Å². The molecule has 7 nitrogen and oxygen atoms in total. The summed E-state index contributed by atoms with van der Waals surface area (Å²) >= 11 is 12.9. The highest BCUT2D eigenvalue weighted by molar-refractivity contribution is 6.44. The van der Waals surface area contributed by atoms with Crippen molar-refractivity contribution in [3.05, 3.63) is 27.8 Å². The summed E-state index contributed by atoms with van der Waals surface area (Å²) in [5, 5.41) is 9.28. The third-order valence-corrected chi connectivity index (χ3v) is 6.02. The molecular weight excluding hydrogens is 435 g/mol. The molecule has 0 saturated carbocycles. The van der Waals surface area contributed by atoms with E-state index in [1.54, 1.807) is 6.08 Å². The van der Waals surface area contributed by atoms with Crippen molar-refractivity contribution in [2.75, 3.05) is 6.61 Å². The molecular formula is C21H22Cl2O7. The molecule has 0 spiro atoms.